The lowest BCUT2D eigenvalue weighted by molar-refractivity contribution is -0.147. The summed E-state index contributed by atoms with van der Waals surface area (Å²) in [6.45, 7) is 10.5. The van der Waals surface area contributed by atoms with Crippen LogP contribution in [-0.2, 0) is 4.79 Å². The molecule has 0 N–H and O–H groups in total. The number of nitriles is 1. The van der Waals surface area contributed by atoms with Gasteiger partial charge in [-0.2, -0.15) is 5.26 Å². The molecule has 17 heavy (non-hydrogen) atoms. The van der Waals surface area contributed by atoms with Crippen LogP contribution in [0.15, 0.2) is 0 Å². The summed E-state index contributed by atoms with van der Waals surface area (Å²) in [7, 11) is 1.82. The van der Waals surface area contributed by atoms with E-state index in [4.69, 9.17) is 0 Å². The molecule has 1 rings (SSSR count). The van der Waals surface area contributed by atoms with Crippen LogP contribution in [0.3, 0.4) is 0 Å². The van der Waals surface area contributed by atoms with E-state index in [-0.39, 0.29) is 17.4 Å². The van der Waals surface area contributed by atoms with Gasteiger partial charge >= 0.3 is 0 Å². The summed E-state index contributed by atoms with van der Waals surface area (Å²) >= 11 is 0. The van der Waals surface area contributed by atoms with Crippen molar-refractivity contribution in [3.63, 3.8) is 0 Å². The molecule has 1 aliphatic carbocycles. The molecular weight excluding hydrogens is 212 g/mol. The van der Waals surface area contributed by atoms with Gasteiger partial charge in [-0.05, 0) is 31.1 Å². The van der Waals surface area contributed by atoms with Gasteiger partial charge in [0.15, 0.2) is 0 Å². The fourth-order valence-corrected chi connectivity index (χ4v) is 2.54. The third kappa shape index (κ3) is 2.46. The lowest BCUT2D eigenvalue weighted by atomic mass is 9.62. The Morgan fingerprint density at radius 2 is 1.94 bits per heavy atom. The molecule has 0 saturated heterocycles. The molecule has 1 atom stereocenters. The van der Waals surface area contributed by atoms with Crippen molar-refractivity contribution in [2.75, 3.05) is 7.05 Å². The van der Waals surface area contributed by atoms with Gasteiger partial charge in [0, 0.05) is 13.1 Å². The maximum absolute atomic E-state index is 12.4. The zero-order valence-corrected chi connectivity index (χ0v) is 11.9. The van der Waals surface area contributed by atoms with Crippen LogP contribution >= 0.6 is 0 Å². The SMILES string of the molecule is CC1CC(C#N)(C(=O)N(C)C(C)C(C)(C)C)C1. The molecule has 1 unspecified atom stereocenters. The largest absolute Gasteiger partial charge is 0.341 e. The summed E-state index contributed by atoms with van der Waals surface area (Å²) < 4.78 is 0. The first-order valence-electron chi connectivity index (χ1n) is 6.32. The van der Waals surface area contributed by atoms with Gasteiger partial charge in [0.05, 0.1) is 6.07 Å². The van der Waals surface area contributed by atoms with Gasteiger partial charge in [-0.3, -0.25) is 4.79 Å². The van der Waals surface area contributed by atoms with E-state index in [1.54, 1.807) is 4.90 Å². The fourth-order valence-electron chi connectivity index (χ4n) is 2.54. The summed E-state index contributed by atoms with van der Waals surface area (Å²) in [6, 6.07) is 2.38. The first-order chi connectivity index (χ1) is 7.64. The highest BCUT2D eigenvalue weighted by Crippen LogP contribution is 2.46. The van der Waals surface area contributed by atoms with Crippen molar-refractivity contribution >= 4 is 5.91 Å². The zero-order chi connectivity index (χ0) is 13.4. The molecule has 1 aliphatic rings. The molecular formula is C14H24N2O. The molecule has 1 saturated carbocycles. The van der Waals surface area contributed by atoms with Crippen LogP contribution in [0.25, 0.3) is 0 Å². The van der Waals surface area contributed by atoms with E-state index in [0.29, 0.717) is 18.8 Å². The Morgan fingerprint density at radius 3 is 2.24 bits per heavy atom. The van der Waals surface area contributed by atoms with Gasteiger partial charge in [-0.25, -0.2) is 0 Å². The molecule has 1 amide bonds. The van der Waals surface area contributed by atoms with E-state index >= 15 is 0 Å². The predicted molar refractivity (Wildman–Crippen MR) is 68.1 cm³/mol. The molecule has 0 aliphatic heterocycles. The van der Waals surface area contributed by atoms with Gasteiger partial charge in [-0.15, -0.1) is 0 Å². The molecule has 0 bridgehead atoms. The first-order valence-corrected chi connectivity index (χ1v) is 6.32. The summed E-state index contributed by atoms with van der Waals surface area (Å²) in [5.41, 5.74) is -0.704. The van der Waals surface area contributed by atoms with Crippen molar-refractivity contribution in [3.8, 4) is 6.07 Å². The van der Waals surface area contributed by atoms with Crippen LogP contribution in [0.5, 0.6) is 0 Å². The van der Waals surface area contributed by atoms with E-state index in [2.05, 4.69) is 33.8 Å². The Morgan fingerprint density at radius 1 is 1.47 bits per heavy atom. The van der Waals surface area contributed by atoms with Crippen LogP contribution in [0.2, 0.25) is 0 Å². The Balaban J connectivity index is 2.81. The van der Waals surface area contributed by atoms with E-state index < -0.39 is 5.41 Å². The molecule has 0 aromatic heterocycles. The van der Waals surface area contributed by atoms with Crippen molar-refractivity contribution in [1.29, 1.82) is 5.26 Å². The summed E-state index contributed by atoms with van der Waals surface area (Å²) in [5.74, 6) is 0.498. The van der Waals surface area contributed by atoms with Crippen molar-refractivity contribution in [1.82, 2.24) is 4.90 Å². The highest BCUT2D eigenvalue weighted by molar-refractivity contribution is 5.86. The van der Waals surface area contributed by atoms with Gasteiger partial charge in [0.1, 0.15) is 5.41 Å². The lowest BCUT2D eigenvalue weighted by Gasteiger charge is -2.45. The predicted octanol–water partition coefficient (Wildman–Crippen LogP) is 2.82. The van der Waals surface area contributed by atoms with Crippen LogP contribution in [0, 0.1) is 28.1 Å². The third-order valence-corrected chi connectivity index (χ3v) is 4.17. The highest BCUT2D eigenvalue weighted by atomic mass is 16.2. The van der Waals surface area contributed by atoms with Crippen LogP contribution in [0.4, 0.5) is 0 Å². The average molecular weight is 236 g/mol. The summed E-state index contributed by atoms with van der Waals surface area (Å²) in [5, 5.41) is 9.26. The van der Waals surface area contributed by atoms with E-state index in [1.807, 2.05) is 14.0 Å². The van der Waals surface area contributed by atoms with E-state index in [1.165, 1.54) is 0 Å². The quantitative estimate of drug-likeness (QED) is 0.740. The maximum atomic E-state index is 12.4. The number of hydrogen-bond acceptors (Lipinski definition) is 2. The molecule has 1 fully saturated rings. The normalized spacial score (nSPS) is 30.1. The van der Waals surface area contributed by atoms with E-state index in [9.17, 15) is 10.1 Å². The molecule has 0 heterocycles. The Hall–Kier alpha value is -1.04. The monoisotopic (exact) mass is 236 g/mol. The zero-order valence-electron chi connectivity index (χ0n) is 11.9. The van der Waals surface area contributed by atoms with Gasteiger partial charge in [0.25, 0.3) is 0 Å². The number of carbonyl (C=O) groups is 1. The van der Waals surface area contributed by atoms with Crippen LogP contribution < -0.4 is 0 Å². The van der Waals surface area contributed by atoms with Gasteiger partial charge in [0.2, 0.25) is 5.91 Å². The standard InChI is InChI=1S/C14H24N2O/c1-10-7-14(8-10,9-15)12(17)16(6)11(2)13(3,4)5/h10-11H,7-8H2,1-6H3. The van der Waals surface area contributed by atoms with Crippen molar-refractivity contribution in [2.24, 2.45) is 16.7 Å². The van der Waals surface area contributed by atoms with Crippen LogP contribution in [-0.4, -0.2) is 23.9 Å². The fraction of sp³-hybridized carbons (Fsp3) is 0.857. The summed E-state index contributed by atoms with van der Waals surface area (Å²) in [6.07, 6.45) is 1.42. The molecule has 0 aromatic carbocycles. The third-order valence-electron chi connectivity index (χ3n) is 4.17. The van der Waals surface area contributed by atoms with Gasteiger partial charge < -0.3 is 4.90 Å². The molecule has 3 heteroatoms. The second-order valence-corrected chi connectivity index (χ2v) is 6.67. The second kappa shape index (κ2) is 4.33. The van der Waals surface area contributed by atoms with Crippen molar-refractivity contribution in [2.45, 2.75) is 53.5 Å². The topological polar surface area (TPSA) is 44.1 Å². The maximum Gasteiger partial charge on any atom is 0.243 e. The molecule has 0 aromatic rings. The number of amides is 1. The van der Waals surface area contributed by atoms with Crippen molar-refractivity contribution in [3.05, 3.63) is 0 Å². The minimum absolute atomic E-state index is 0.000486. The lowest BCUT2D eigenvalue weighted by Crippen LogP contribution is -2.53. The number of nitrogens with zero attached hydrogens (tertiary/aromatic N) is 2. The first kappa shape index (κ1) is 14.0. The number of rotatable bonds is 2. The number of hydrogen-bond donors (Lipinski definition) is 0. The smallest absolute Gasteiger partial charge is 0.243 e. The van der Waals surface area contributed by atoms with Gasteiger partial charge in [-0.1, -0.05) is 27.7 Å². The molecule has 3 nitrogen and oxygen atoms in total. The molecule has 0 radical (unpaired) electrons. The Kier molecular flexibility index (Phi) is 3.57. The Bertz CT molecular complexity index is 342. The van der Waals surface area contributed by atoms with Crippen LogP contribution in [0.1, 0.15) is 47.5 Å². The van der Waals surface area contributed by atoms with E-state index in [0.717, 1.165) is 0 Å². The number of carbonyl (C=O) groups excluding carboxylic acids is 1. The summed E-state index contributed by atoms with van der Waals surface area (Å²) in [4.78, 5) is 14.2. The molecule has 0 spiro atoms. The average Bonchev–Trinajstić information content (AvgIpc) is 2.20. The Labute approximate surface area is 105 Å². The van der Waals surface area contributed by atoms with Crippen molar-refractivity contribution < 1.29 is 4.79 Å². The minimum atomic E-state index is -0.742. The minimum Gasteiger partial charge on any atom is -0.341 e. The highest BCUT2D eigenvalue weighted by Gasteiger charge is 2.51. The second-order valence-electron chi connectivity index (χ2n) is 6.67. The molecule has 96 valence electrons.